The van der Waals surface area contributed by atoms with Crippen LogP contribution in [0.3, 0.4) is 0 Å². The number of fused-ring (bicyclic) bond motifs is 1. The molecule has 13 heteroatoms. The quantitative estimate of drug-likeness (QED) is 0.477. The molecule has 2 N–H and O–H groups in total. The van der Waals surface area contributed by atoms with Crippen molar-refractivity contribution in [2.75, 3.05) is 47.8 Å². The number of hydrogen-bond acceptors (Lipinski definition) is 8. The van der Waals surface area contributed by atoms with E-state index < -0.39 is 15.9 Å². The number of amides is 3. The number of anilines is 3. The van der Waals surface area contributed by atoms with Crippen molar-refractivity contribution < 1.29 is 32.0 Å². The van der Waals surface area contributed by atoms with Crippen LogP contribution in [0.2, 0.25) is 0 Å². The van der Waals surface area contributed by atoms with Crippen LogP contribution in [-0.4, -0.2) is 63.3 Å². The summed E-state index contributed by atoms with van der Waals surface area (Å²) in [5.74, 6) is 0.865. The van der Waals surface area contributed by atoms with Gasteiger partial charge in [0, 0.05) is 36.1 Å². The maximum Gasteiger partial charge on any atom is 0.325 e. The third-order valence-corrected chi connectivity index (χ3v) is 7.45. The Bertz CT molecular complexity index is 1450. The van der Waals surface area contributed by atoms with Gasteiger partial charge in [-0.3, -0.25) is 9.69 Å². The highest BCUT2D eigenvalue weighted by molar-refractivity contribution is 7.92. The van der Waals surface area contributed by atoms with Crippen molar-refractivity contribution in [3.05, 3.63) is 53.7 Å². The monoisotopic (exact) mass is 527 g/mol. The lowest BCUT2D eigenvalue weighted by Gasteiger charge is -2.22. The SMILES string of the molecule is Cc1noc(NS(=O)(=O)c2ccc(NC(=O)CN3CCN(c4ccc5c(c4)OCCO5)C3=O)cc2)c1C. The van der Waals surface area contributed by atoms with Gasteiger partial charge >= 0.3 is 6.03 Å². The molecule has 194 valence electrons. The molecule has 2 aliphatic rings. The van der Waals surface area contributed by atoms with Crippen molar-refractivity contribution in [2.45, 2.75) is 18.7 Å². The van der Waals surface area contributed by atoms with Gasteiger partial charge in [0.05, 0.1) is 10.6 Å². The third-order valence-electron chi connectivity index (χ3n) is 6.10. The van der Waals surface area contributed by atoms with Gasteiger partial charge in [-0.2, -0.15) is 0 Å². The number of carbonyl (C=O) groups is 2. The fourth-order valence-electron chi connectivity index (χ4n) is 3.95. The zero-order valence-electron chi connectivity index (χ0n) is 20.2. The van der Waals surface area contributed by atoms with Gasteiger partial charge in [0.25, 0.3) is 10.0 Å². The summed E-state index contributed by atoms with van der Waals surface area (Å²) in [5.41, 5.74) is 2.24. The molecule has 0 bridgehead atoms. The summed E-state index contributed by atoms with van der Waals surface area (Å²) in [4.78, 5) is 28.5. The summed E-state index contributed by atoms with van der Waals surface area (Å²) < 4.78 is 43.8. The van der Waals surface area contributed by atoms with E-state index in [2.05, 4.69) is 15.2 Å². The molecule has 1 saturated heterocycles. The molecular formula is C24H25N5O7S. The van der Waals surface area contributed by atoms with Crippen molar-refractivity contribution in [1.29, 1.82) is 0 Å². The molecule has 0 unspecified atom stereocenters. The Labute approximate surface area is 213 Å². The molecule has 0 spiro atoms. The summed E-state index contributed by atoms with van der Waals surface area (Å²) >= 11 is 0. The number of hydrogen-bond donors (Lipinski definition) is 2. The summed E-state index contributed by atoms with van der Waals surface area (Å²) in [6.45, 7) is 4.99. The molecule has 3 aromatic rings. The molecule has 0 saturated carbocycles. The first-order valence-electron chi connectivity index (χ1n) is 11.5. The topological polar surface area (TPSA) is 143 Å². The third kappa shape index (κ3) is 5.03. The molecule has 0 atom stereocenters. The number of ether oxygens (including phenoxy) is 2. The molecule has 0 aliphatic carbocycles. The van der Waals surface area contributed by atoms with Crippen LogP contribution >= 0.6 is 0 Å². The molecule has 12 nitrogen and oxygen atoms in total. The summed E-state index contributed by atoms with van der Waals surface area (Å²) in [5, 5.41) is 6.43. The first-order chi connectivity index (χ1) is 17.7. The highest BCUT2D eigenvalue weighted by atomic mass is 32.2. The van der Waals surface area contributed by atoms with Gasteiger partial charge in [0.2, 0.25) is 11.8 Å². The second kappa shape index (κ2) is 9.65. The van der Waals surface area contributed by atoms with Crippen LogP contribution in [0.4, 0.5) is 22.1 Å². The molecular weight excluding hydrogens is 502 g/mol. The van der Waals surface area contributed by atoms with Crippen LogP contribution in [0, 0.1) is 13.8 Å². The number of aromatic nitrogens is 1. The Morgan fingerprint density at radius 1 is 1.03 bits per heavy atom. The van der Waals surface area contributed by atoms with Crippen LogP contribution in [0.5, 0.6) is 11.5 Å². The van der Waals surface area contributed by atoms with Gasteiger partial charge in [-0.15, -0.1) is 0 Å². The number of carbonyl (C=O) groups excluding carboxylic acids is 2. The van der Waals surface area contributed by atoms with Crippen molar-refractivity contribution in [1.82, 2.24) is 10.1 Å². The number of aryl methyl sites for hydroxylation is 1. The Morgan fingerprint density at radius 3 is 2.46 bits per heavy atom. The smallest absolute Gasteiger partial charge is 0.325 e. The Balaban J connectivity index is 1.18. The molecule has 1 aromatic heterocycles. The Hall–Kier alpha value is -4.26. The first kappa shape index (κ1) is 24.4. The summed E-state index contributed by atoms with van der Waals surface area (Å²) in [6, 6.07) is 10.7. The molecule has 5 rings (SSSR count). The molecule has 1 fully saturated rings. The van der Waals surface area contributed by atoms with Crippen LogP contribution < -0.4 is 24.4 Å². The minimum atomic E-state index is -3.90. The molecule has 3 amide bonds. The molecule has 2 aromatic carbocycles. The van der Waals surface area contributed by atoms with Crippen LogP contribution in [0.25, 0.3) is 0 Å². The van der Waals surface area contributed by atoms with Crippen molar-refractivity contribution in [3.63, 3.8) is 0 Å². The number of urea groups is 1. The van der Waals surface area contributed by atoms with E-state index >= 15 is 0 Å². The standard InChI is InChI=1S/C24H25N5O7S/c1-15-16(2)26-36-23(15)27-37(32,33)19-6-3-17(4-7-19)25-22(30)14-28-9-10-29(24(28)31)18-5-8-20-21(13-18)35-12-11-34-20/h3-8,13,27H,9-12,14H2,1-2H3,(H,25,30). The predicted octanol–water partition coefficient (Wildman–Crippen LogP) is 2.74. The second-order valence-electron chi connectivity index (χ2n) is 8.58. The number of nitrogens with one attached hydrogen (secondary N) is 2. The zero-order chi connectivity index (χ0) is 26.2. The highest BCUT2D eigenvalue weighted by Gasteiger charge is 2.31. The fraction of sp³-hybridized carbons (Fsp3) is 0.292. The van der Waals surface area contributed by atoms with E-state index in [1.54, 1.807) is 36.9 Å². The predicted molar refractivity (Wildman–Crippen MR) is 134 cm³/mol. The Kier molecular flexibility index (Phi) is 6.38. The van der Waals surface area contributed by atoms with E-state index in [9.17, 15) is 18.0 Å². The summed E-state index contributed by atoms with van der Waals surface area (Å²) in [6.07, 6.45) is 0. The maximum absolute atomic E-state index is 12.9. The van der Waals surface area contributed by atoms with E-state index in [-0.39, 0.29) is 23.4 Å². The highest BCUT2D eigenvalue weighted by Crippen LogP contribution is 2.35. The van der Waals surface area contributed by atoms with Crippen LogP contribution in [0.1, 0.15) is 11.3 Å². The number of nitrogens with zero attached hydrogens (tertiary/aromatic N) is 3. The maximum atomic E-state index is 12.9. The lowest BCUT2D eigenvalue weighted by atomic mass is 10.2. The zero-order valence-corrected chi connectivity index (χ0v) is 21.0. The van der Waals surface area contributed by atoms with Crippen molar-refractivity contribution >= 4 is 39.2 Å². The van der Waals surface area contributed by atoms with Gasteiger partial charge < -0.3 is 24.2 Å². The lowest BCUT2D eigenvalue weighted by Crippen LogP contribution is -2.37. The normalized spacial score (nSPS) is 15.1. The van der Waals surface area contributed by atoms with Gasteiger partial charge in [0.15, 0.2) is 11.5 Å². The molecule has 3 heterocycles. The van der Waals surface area contributed by atoms with E-state index in [0.29, 0.717) is 60.4 Å². The van der Waals surface area contributed by atoms with Gasteiger partial charge in [-0.1, -0.05) is 5.16 Å². The number of sulfonamides is 1. The van der Waals surface area contributed by atoms with Gasteiger partial charge in [-0.05, 0) is 50.2 Å². The first-order valence-corrected chi connectivity index (χ1v) is 13.0. The Morgan fingerprint density at radius 2 is 1.76 bits per heavy atom. The van der Waals surface area contributed by atoms with Crippen LogP contribution in [0.15, 0.2) is 51.9 Å². The van der Waals surface area contributed by atoms with E-state index in [1.807, 2.05) is 0 Å². The number of rotatable bonds is 7. The molecule has 2 aliphatic heterocycles. The fourth-order valence-corrected chi connectivity index (χ4v) is 5.00. The van der Waals surface area contributed by atoms with Gasteiger partial charge in [0.1, 0.15) is 19.8 Å². The lowest BCUT2D eigenvalue weighted by molar-refractivity contribution is -0.116. The minimum Gasteiger partial charge on any atom is -0.486 e. The van der Waals surface area contributed by atoms with Crippen molar-refractivity contribution in [3.8, 4) is 11.5 Å². The van der Waals surface area contributed by atoms with E-state index in [4.69, 9.17) is 14.0 Å². The average Bonchev–Trinajstić information content (AvgIpc) is 3.40. The van der Waals surface area contributed by atoms with Crippen molar-refractivity contribution in [2.24, 2.45) is 0 Å². The molecule has 0 radical (unpaired) electrons. The minimum absolute atomic E-state index is 0.0104. The van der Waals surface area contributed by atoms with Crippen LogP contribution in [-0.2, 0) is 14.8 Å². The van der Waals surface area contributed by atoms with E-state index in [1.165, 1.54) is 29.2 Å². The van der Waals surface area contributed by atoms with E-state index in [0.717, 1.165) is 0 Å². The summed E-state index contributed by atoms with van der Waals surface area (Å²) in [7, 11) is -3.90. The number of benzene rings is 2. The second-order valence-corrected chi connectivity index (χ2v) is 10.3. The average molecular weight is 528 g/mol. The molecule has 37 heavy (non-hydrogen) atoms. The van der Waals surface area contributed by atoms with Gasteiger partial charge in [-0.25, -0.2) is 17.9 Å². The largest absolute Gasteiger partial charge is 0.486 e.